The molecule has 1 saturated heterocycles. The third-order valence-electron chi connectivity index (χ3n) is 5.12. The molecule has 0 aliphatic carbocycles. The van der Waals surface area contributed by atoms with Gasteiger partial charge >= 0.3 is 0 Å². The summed E-state index contributed by atoms with van der Waals surface area (Å²) < 4.78 is 7.39. The van der Waals surface area contributed by atoms with Crippen molar-refractivity contribution in [3.05, 3.63) is 71.8 Å². The number of pyridine rings is 1. The fourth-order valence-corrected chi connectivity index (χ4v) is 4.00. The van der Waals surface area contributed by atoms with E-state index in [-0.39, 0.29) is 11.9 Å². The summed E-state index contributed by atoms with van der Waals surface area (Å²) in [5.74, 6) is 0.803. The van der Waals surface area contributed by atoms with Crippen molar-refractivity contribution >= 4 is 28.7 Å². The lowest BCUT2D eigenvalue weighted by Crippen LogP contribution is -2.29. The zero-order valence-electron chi connectivity index (χ0n) is 15.0. The molecule has 1 amide bonds. The molecule has 0 bridgehead atoms. The minimum atomic E-state index is -0.00718. The molecule has 1 aliphatic rings. The molecule has 4 aromatic rings. The molecule has 4 heterocycles. The number of amides is 1. The van der Waals surface area contributed by atoms with Gasteiger partial charge in [0.25, 0.3) is 5.91 Å². The number of carbonyl (C=O) groups excluding carboxylic acids is 1. The minimum Gasteiger partial charge on any atom is -0.472 e. The summed E-state index contributed by atoms with van der Waals surface area (Å²) in [4.78, 5) is 24.1. The molecule has 0 radical (unpaired) electrons. The highest BCUT2D eigenvalue weighted by atomic mass is 35.5. The van der Waals surface area contributed by atoms with Crippen molar-refractivity contribution in [3.63, 3.8) is 0 Å². The fourth-order valence-electron chi connectivity index (χ4n) is 3.81. The number of furan rings is 1. The lowest BCUT2D eigenvalue weighted by molar-refractivity contribution is 0.0788. The third kappa shape index (κ3) is 2.86. The molecule has 0 spiro atoms. The van der Waals surface area contributed by atoms with Crippen LogP contribution in [0.25, 0.3) is 22.6 Å². The molecule has 0 saturated carbocycles. The Kier molecular flexibility index (Phi) is 4.13. The first-order chi connectivity index (χ1) is 13.7. The van der Waals surface area contributed by atoms with Gasteiger partial charge in [0.15, 0.2) is 5.65 Å². The number of hydrogen-bond donors (Lipinski definition) is 0. The maximum atomic E-state index is 12.9. The van der Waals surface area contributed by atoms with Gasteiger partial charge < -0.3 is 13.9 Å². The predicted molar refractivity (Wildman–Crippen MR) is 106 cm³/mol. The number of hydrogen-bond acceptors (Lipinski definition) is 4. The fraction of sp³-hybridized carbons (Fsp3) is 0.190. The lowest BCUT2D eigenvalue weighted by Gasteiger charge is -2.18. The van der Waals surface area contributed by atoms with E-state index in [4.69, 9.17) is 21.0 Å². The maximum absolute atomic E-state index is 12.9. The number of fused-ring (bicyclic) bond motifs is 1. The van der Waals surface area contributed by atoms with Gasteiger partial charge in [-0.2, -0.15) is 0 Å². The average Bonchev–Trinajstić information content (AvgIpc) is 3.45. The summed E-state index contributed by atoms with van der Waals surface area (Å²) in [5, 5.41) is 0.564. The number of nitrogens with zero attached hydrogens (tertiary/aromatic N) is 4. The van der Waals surface area contributed by atoms with E-state index >= 15 is 0 Å². The molecule has 28 heavy (non-hydrogen) atoms. The lowest BCUT2D eigenvalue weighted by atomic mass is 10.2. The van der Waals surface area contributed by atoms with Gasteiger partial charge in [0.05, 0.1) is 17.9 Å². The molecule has 140 valence electrons. The molecule has 7 heteroatoms. The van der Waals surface area contributed by atoms with Crippen molar-refractivity contribution in [2.75, 3.05) is 13.1 Å². The van der Waals surface area contributed by atoms with E-state index < -0.39 is 0 Å². The summed E-state index contributed by atoms with van der Waals surface area (Å²) in [5.41, 5.74) is 3.16. The Balaban J connectivity index is 1.50. The summed E-state index contributed by atoms with van der Waals surface area (Å²) >= 11 is 6.05. The predicted octanol–water partition coefficient (Wildman–Crippen LogP) is 4.43. The Morgan fingerprint density at radius 1 is 1.21 bits per heavy atom. The van der Waals surface area contributed by atoms with Crippen molar-refractivity contribution in [1.82, 2.24) is 19.4 Å². The summed E-state index contributed by atoms with van der Waals surface area (Å²) in [7, 11) is 0. The number of likely N-dealkylation sites (tertiary alicyclic amines) is 1. The van der Waals surface area contributed by atoms with Crippen molar-refractivity contribution < 1.29 is 9.21 Å². The zero-order chi connectivity index (χ0) is 19.1. The zero-order valence-corrected chi connectivity index (χ0v) is 15.7. The van der Waals surface area contributed by atoms with Crippen LogP contribution in [-0.2, 0) is 0 Å². The van der Waals surface area contributed by atoms with E-state index in [1.54, 1.807) is 43.0 Å². The molecule has 5 rings (SSSR count). The molecule has 1 fully saturated rings. The SMILES string of the molecule is O=C(c1cccc(Cl)c1)N1CCC(n2c(-c3ccoc3)nc3cccnc32)C1. The number of benzene rings is 1. The number of rotatable bonds is 3. The van der Waals surface area contributed by atoms with Crippen LogP contribution in [0.3, 0.4) is 0 Å². The van der Waals surface area contributed by atoms with Crippen molar-refractivity contribution in [3.8, 4) is 11.4 Å². The molecule has 1 unspecified atom stereocenters. The van der Waals surface area contributed by atoms with Crippen molar-refractivity contribution in [2.45, 2.75) is 12.5 Å². The van der Waals surface area contributed by atoms with E-state index in [9.17, 15) is 4.79 Å². The second-order valence-corrected chi connectivity index (χ2v) is 7.30. The van der Waals surface area contributed by atoms with Crippen molar-refractivity contribution in [1.29, 1.82) is 0 Å². The second-order valence-electron chi connectivity index (χ2n) is 6.87. The normalized spacial score (nSPS) is 16.8. The van der Waals surface area contributed by atoms with Crippen LogP contribution in [0.5, 0.6) is 0 Å². The van der Waals surface area contributed by atoms with E-state index in [0.29, 0.717) is 23.7 Å². The number of aromatic nitrogens is 3. The number of imidazole rings is 1. The summed E-state index contributed by atoms with van der Waals surface area (Å²) in [6.07, 6.45) is 5.92. The van der Waals surface area contributed by atoms with Gasteiger partial charge in [0, 0.05) is 29.9 Å². The Bertz CT molecular complexity index is 1150. The van der Waals surface area contributed by atoms with E-state index in [1.165, 1.54) is 0 Å². The first-order valence-electron chi connectivity index (χ1n) is 9.11. The first kappa shape index (κ1) is 17.0. The van der Waals surface area contributed by atoms with E-state index in [1.807, 2.05) is 23.1 Å². The van der Waals surface area contributed by atoms with E-state index in [2.05, 4.69) is 9.55 Å². The van der Waals surface area contributed by atoms with Gasteiger partial charge in [-0.25, -0.2) is 9.97 Å². The van der Waals surface area contributed by atoms with Gasteiger partial charge in [-0.1, -0.05) is 17.7 Å². The van der Waals surface area contributed by atoms with Crippen LogP contribution in [0.1, 0.15) is 22.8 Å². The number of carbonyl (C=O) groups is 1. The highest BCUT2D eigenvalue weighted by molar-refractivity contribution is 6.30. The van der Waals surface area contributed by atoms with Gasteiger partial charge in [-0.15, -0.1) is 0 Å². The minimum absolute atomic E-state index is 0.00718. The average molecular weight is 393 g/mol. The molecule has 0 N–H and O–H groups in total. The second kappa shape index (κ2) is 6.80. The van der Waals surface area contributed by atoms with Gasteiger partial charge in [-0.05, 0) is 42.8 Å². The van der Waals surface area contributed by atoms with Gasteiger partial charge in [-0.3, -0.25) is 4.79 Å². The largest absolute Gasteiger partial charge is 0.472 e. The quantitative estimate of drug-likeness (QED) is 0.517. The van der Waals surface area contributed by atoms with Crippen LogP contribution in [0, 0.1) is 0 Å². The monoisotopic (exact) mass is 392 g/mol. The summed E-state index contributed by atoms with van der Waals surface area (Å²) in [6, 6.07) is 12.9. The highest BCUT2D eigenvalue weighted by Gasteiger charge is 2.31. The molecule has 1 aliphatic heterocycles. The molecular weight excluding hydrogens is 376 g/mol. The molecule has 3 aromatic heterocycles. The number of halogens is 1. The van der Waals surface area contributed by atoms with Gasteiger partial charge in [0.2, 0.25) is 0 Å². The van der Waals surface area contributed by atoms with Crippen LogP contribution in [0.15, 0.2) is 65.6 Å². The third-order valence-corrected chi connectivity index (χ3v) is 5.35. The Morgan fingerprint density at radius 3 is 2.96 bits per heavy atom. The standard InChI is InChI=1S/C21H17ClN4O2/c22-16-4-1-3-14(11-16)21(27)25-9-6-17(12-25)26-19(15-7-10-28-13-15)24-18-5-2-8-23-20(18)26/h1-5,7-8,10-11,13,17H,6,9,12H2. The van der Waals surface area contributed by atoms with Gasteiger partial charge in [0.1, 0.15) is 17.6 Å². The molecular formula is C21H17ClN4O2. The van der Waals surface area contributed by atoms with Crippen molar-refractivity contribution in [2.24, 2.45) is 0 Å². The Hall–Kier alpha value is -3.12. The molecule has 1 aromatic carbocycles. The van der Waals surface area contributed by atoms with Crippen LogP contribution in [0.4, 0.5) is 0 Å². The van der Waals surface area contributed by atoms with Crippen LogP contribution in [0.2, 0.25) is 5.02 Å². The highest BCUT2D eigenvalue weighted by Crippen LogP contribution is 2.32. The Morgan fingerprint density at radius 2 is 2.14 bits per heavy atom. The Labute approximate surface area is 166 Å². The van der Waals surface area contributed by atoms with E-state index in [0.717, 1.165) is 29.0 Å². The maximum Gasteiger partial charge on any atom is 0.253 e. The molecule has 6 nitrogen and oxygen atoms in total. The smallest absolute Gasteiger partial charge is 0.253 e. The van der Waals surface area contributed by atoms with Crippen LogP contribution in [-0.4, -0.2) is 38.4 Å². The van der Waals surface area contributed by atoms with Crippen LogP contribution < -0.4 is 0 Å². The van der Waals surface area contributed by atoms with Crippen LogP contribution >= 0.6 is 11.6 Å². The molecule has 1 atom stereocenters. The topological polar surface area (TPSA) is 64.2 Å². The first-order valence-corrected chi connectivity index (χ1v) is 9.49. The summed E-state index contributed by atoms with van der Waals surface area (Å²) in [6.45, 7) is 1.27.